The normalized spacial score (nSPS) is 16.1. The Hall–Kier alpha value is -2.37. The van der Waals surface area contributed by atoms with Crippen LogP contribution >= 0.6 is 10.6 Å². The molecule has 2 aromatic rings. The highest BCUT2D eigenvalue weighted by Crippen LogP contribution is 2.44. The van der Waals surface area contributed by atoms with E-state index >= 15 is 0 Å². The van der Waals surface area contributed by atoms with Crippen molar-refractivity contribution < 1.29 is 28.5 Å². The molecule has 7 nitrogen and oxygen atoms in total. The lowest BCUT2D eigenvalue weighted by Crippen LogP contribution is -2.29. The predicted molar refractivity (Wildman–Crippen MR) is 111 cm³/mol. The van der Waals surface area contributed by atoms with Crippen molar-refractivity contribution >= 4 is 28.0 Å². The van der Waals surface area contributed by atoms with Crippen molar-refractivity contribution in [2.45, 2.75) is 36.8 Å². The molecular weight excluding hydrogens is 421 g/mol. The van der Waals surface area contributed by atoms with Crippen LogP contribution < -0.4 is 10.2 Å². The van der Waals surface area contributed by atoms with Gasteiger partial charge in [0.1, 0.15) is 5.82 Å². The zero-order valence-corrected chi connectivity index (χ0v) is 17.1. The lowest BCUT2D eigenvalue weighted by molar-refractivity contribution is -0.137. The van der Waals surface area contributed by atoms with Gasteiger partial charge in [0.2, 0.25) is 0 Å². The van der Waals surface area contributed by atoms with Crippen molar-refractivity contribution in [2.24, 2.45) is 0 Å². The van der Waals surface area contributed by atoms with Crippen LogP contribution in [0, 0.1) is 0 Å². The van der Waals surface area contributed by atoms with Gasteiger partial charge >= 0.3 is 6.18 Å². The first-order valence-corrected chi connectivity index (χ1v) is 11.3. The number of aromatic nitrogens is 2. The van der Waals surface area contributed by atoms with Crippen LogP contribution in [0.4, 0.5) is 24.7 Å². The third kappa shape index (κ3) is 5.41. The summed E-state index contributed by atoms with van der Waals surface area (Å²) in [6.45, 7) is 1.21. The van der Waals surface area contributed by atoms with Crippen molar-refractivity contribution in [1.29, 1.82) is 0 Å². The Morgan fingerprint density at radius 1 is 1.13 bits per heavy atom. The van der Waals surface area contributed by atoms with E-state index in [0.717, 1.165) is 37.9 Å². The Morgan fingerprint density at radius 2 is 1.80 bits per heavy atom. The highest BCUT2D eigenvalue weighted by Gasteiger charge is 2.33. The lowest BCUT2D eigenvalue weighted by atomic mass is 10.1. The molecule has 1 saturated heterocycles. The molecule has 3 N–H and O–H groups in total. The third-order valence-electron chi connectivity index (χ3n) is 4.76. The number of amides is 1. The molecule has 3 rings (SSSR count). The molecule has 166 valence electrons. The molecule has 3 heterocycles. The van der Waals surface area contributed by atoms with E-state index in [4.69, 9.17) is 0 Å². The number of anilines is 2. The highest BCUT2D eigenvalue weighted by atomic mass is 32.3. The second kappa shape index (κ2) is 8.78. The van der Waals surface area contributed by atoms with E-state index in [9.17, 15) is 27.1 Å². The minimum Gasteiger partial charge on any atom is -0.356 e. The molecule has 0 unspecified atom stereocenters. The number of nitrogens with one attached hydrogen (secondary N) is 1. The van der Waals surface area contributed by atoms with Crippen LogP contribution in [0.15, 0.2) is 35.6 Å². The fourth-order valence-corrected chi connectivity index (χ4v) is 3.82. The fourth-order valence-electron chi connectivity index (χ4n) is 3.21. The van der Waals surface area contributed by atoms with Gasteiger partial charge in [-0.1, -0.05) is 12.8 Å². The number of carbonyl (C=O) groups excluding carboxylic acids is 1. The van der Waals surface area contributed by atoms with E-state index in [1.165, 1.54) is 24.7 Å². The summed E-state index contributed by atoms with van der Waals surface area (Å²) in [7, 11) is -3.06. The molecular formula is C19H25F3N4O3S. The number of rotatable bonds is 4. The molecule has 11 heteroatoms. The van der Waals surface area contributed by atoms with Gasteiger partial charge in [-0.3, -0.25) is 18.9 Å². The average Bonchev–Trinajstić information content (AvgIpc) is 2.96. The Balaban J connectivity index is 0.00000341. The summed E-state index contributed by atoms with van der Waals surface area (Å²) in [5.74, 6) is -0.578. The molecule has 1 aliphatic rings. The van der Waals surface area contributed by atoms with E-state index in [-0.39, 0.29) is 23.4 Å². The van der Waals surface area contributed by atoms with Gasteiger partial charge < -0.3 is 10.2 Å². The molecule has 0 aliphatic carbocycles. The molecule has 30 heavy (non-hydrogen) atoms. The van der Waals surface area contributed by atoms with Gasteiger partial charge in [0.15, 0.2) is 0 Å². The maximum Gasteiger partial charge on any atom is 0.417 e. The second-order valence-electron chi connectivity index (χ2n) is 7.19. The molecule has 2 aromatic heterocycles. The van der Waals surface area contributed by atoms with E-state index in [1.54, 1.807) is 0 Å². The SMILES string of the molecule is CS(O)(O)c1cncc(NC(=O)c2cc(C(F)(F)F)cnc2N2CCCCCC2)c1.[HH]. The van der Waals surface area contributed by atoms with Gasteiger partial charge in [0, 0.05) is 33.2 Å². The number of hydrogen-bond donors (Lipinski definition) is 3. The van der Waals surface area contributed by atoms with Gasteiger partial charge in [0.05, 0.1) is 27.9 Å². The summed E-state index contributed by atoms with van der Waals surface area (Å²) >= 11 is 0. The number of alkyl halides is 3. The summed E-state index contributed by atoms with van der Waals surface area (Å²) in [4.78, 5) is 22.7. The monoisotopic (exact) mass is 446 g/mol. The Labute approximate surface area is 175 Å². The molecule has 1 aliphatic heterocycles. The van der Waals surface area contributed by atoms with Crippen molar-refractivity contribution in [3.05, 3.63) is 41.9 Å². The number of pyridine rings is 2. The number of carbonyl (C=O) groups is 1. The van der Waals surface area contributed by atoms with E-state index in [1.807, 2.05) is 4.90 Å². The summed E-state index contributed by atoms with van der Waals surface area (Å²) in [6, 6.07) is 2.13. The number of hydrogen-bond acceptors (Lipinski definition) is 6. The minimum absolute atomic E-state index is 0. The van der Waals surface area contributed by atoms with E-state index in [2.05, 4.69) is 15.3 Å². The summed E-state index contributed by atoms with van der Waals surface area (Å²) in [5, 5.41) is 2.50. The molecule has 1 amide bonds. The van der Waals surface area contributed by atoms with Gasteiger partial charge in [0.25, 0.3) is 5.91 Å². The van der Waals surface area contributed by atoms with Gasteiger partial charge in [-0.05, 0) is 25.0 Å². The van der Waals surface area contributed by atoms with Crippen LogP contribution in [0.2, 0.25) is 0 Å². The lowest BCUT2D eigenvalue weighted by Gasteiger charge is -2.27. The maximum atomic E-state index is 13.2. The standard InChI is InChI=1S/C19H23F3N4O3S.H2/c1-30(28,29)15-9-14(11-23-12-15)25-18(27)16-8-13(19(20,21)22)10-24-17(16)26-6-4-2-3-5-7-26;/h8-12,28-29H,2-7H2,1H3,(H,25,27);1H. The molecule has 0 saturated carbocycles. The zero-order chi connectivity index (χ0) is 21.9. The van der Waals surface area contributed by atoms with Crippen molar-refractivity contribution in [3.63, 3.8) is 0 Å². The van der Waals surface area contributed by atoms with Crippen molar-refractivity contribution in [1.82, 2.24) is 9.97 Å². The van der Waals surface area contributed by atoms with Crippen LogP contribution in [-0.4, -0.2) is 44.3 Å². The summed E-state index contributed by atoms with van der Waals surface area (Å²) in [6.07, 6.45) is 3.60. The number of halogens is 3. The molecule has 0 spiro atoms. The molecule has 1 fully saturated rings. The van der Waals surface area contributed by atoms with Crippen LogP contribution in [0.1, 0.15) is 43.0 Å². The molecule has 0 atom stereocenters. The first kappa shape index (κ1) is 22.3. The van der Waals surface area contributed by atoms with Gasteiger partial charge in [-0.2, -0.15) is 23.8 Å². The largest absolute Gasteiger partial charge is 0.417 e. The van der Waals surface area contributed by atoms with Gasteiger partial charge in [-0.15, -0.1) is 0 Å². The minimum atomic E-state index is -4.64. The van der Waals surface area contributed by atoms with Crippen LogP contribution in [0.5, 0.6) is 0 Å². The topological polar surface area (TPSA) is 98.6 Å². The van der Waals surface area contributed by atoms with Crippen LogP contribution in [0.3, 0.4) is 0 Å². The Kier molecular flexibility index (Phi) is 6.53. The van der Waals surface area contributed by atoms with Gasteiger partial charge in [-0.25, -0.2) is 4.98 Å². The molecule has 0 aromatic carbocycles. The zero-order valence-electron chi connectivity index (χ0n) is 16.3. The molecule has 0 radical (unpaired) electrons. The van der Waals surface area contributed by atoms with Crippen molar-refractivity contribution in [3.8, 4) is 0 Å². The average molecular weight is 446 g/mol. The molecule has 0 bridgehead atoms. The smallest absolute Gasteiger partial charge is 0.356 e. The number of nitrogens with zero attached hydrogens (tertiary/aromatic N) is 3. The fraction of sp³-hybridized carbons (Fsp3) is 0.421. The Bertz CT molecular complexity index is 917. The Morgan fingerprint density at radius 3 is 2.40 bits per heavy atom. The van der Waals surface area contributed by atoms with Crippen LogP contribution in [0.25, 0.3) is 0 Å². The van der Waals surface area contributed by atoms with E-state index in [0.29, 0.717) is 13.1 Å². The van der Waals surface area contributed by atoms with Crippen LogP contribution in [-0.2, 0) is 6.18 Å². The predicted octanol–water partition coefficient (Wildman–Crippen LogP) is 5.11. The first-order valence-electron chi connectivity index (χ1n) is 9.37. The summed E-state index contributed by atoms with van der Waals surface area (Å²) in [5.41, 5.74) is -1.07. The third-order valence-corrected chi connectivity index (χ3v) is 5.88. The summed E-state index contributed by atoms with van der Waals surface area (Å²) < 4.78 is 59.3. The van der Waals surface area contributed by atoms with Crippen molar-refractivity contribution in [2.75, 3.05) is 29.6 Å². The maximum absolute atomic E-state index is 13.2. The quantitative estimate of drug-likeness (QED) is 0.603. The van der Waals surface area contributed by atoms with E-state index < -0.39 is 28.2 Å². The first-order chi connectivity index (χ1) is 14.1. The second-order valence-corrected chi connectivity index (χ2v) is 9.33. The highest BCUT2D eigenvalue weighted by molar-refractivity contribution is 8.23.